The minimum absolute atomic E-state index is 0.703. The standard InChI is InChI=1S/C12H21N3S/c1-2-7-15(11-3-4-11)8-10-9-16-12(14-10)5-6-13/h9,11H,2-8,13H2,1H3. The molecule has 0 bridgehead atoms. The SMILES string of the molecule is CCCN(Cc1csc(CCN)n1)C1CC1. The van der Waals surface area contributed by atoms with Crippen LogP contribution in [0.2, 0.25) is 0 Å². The molecule has 1 aromatic heterocycles. The summed E-state index contributed by atoms with van der Waals surface area (Å²) in [4.78, 5) is 7.20. The summed E-state index contributed by atoms with van der Waals surface area (Å²) in [5.74, 6) is 0. The average Bonchev–Trinajstić information content (AvgIpc) is 3.02. The summed E-state index contributed by atoms with van der Waals surface area (Å²) in [7, 11) is 0. The number of nitrogens with zero attached hydrogens (tertiary/aromatic N) is 2. The smallest absolute Gasteiger partial charge is 0.0941 e. The molecule has 0 radical (unpaired) electrons. The van der Waals surface area contributed by atoms with Crippen molar-refractivity contribution in [3.05, 3.63) is 16.1 Å². The second-order valence-electron chi connectivity index (χ2n) is 4.47. The molecule has 1 fully saturated rings. The van der Waals surface area contributed by atoms with Gasteiger partial charge < -0.3 is 5.73 Å². The second-order valence-corrected chi connectivity index (χ2v) is 5.42. The number of nitrogens with two attached hydrogens (primary N) is 1. The molecule has 0 aromatic carbocycles. The van der Waals surface area contributed by atoms with Crippen LogP contribution in [0, 0.1) is 0 Å². The highest BCUT2D eigenvalue weighted by Gasteiger charge is 2.28. The van der Waals surface area contributed by atoms with Crippen LogP contribution in [0.15, 0.2) is 5.38 Å². The summed E-state index contributed by atoms with van der Waals surface area (Å²) in [6.07, 6.45) is 4.90. The Balaban J connectivity index is 1.89. The third kappa shape index (κ3) is 3.27. The van der Waals surface area contributed by atoms with Crippen molar-refractivity contribution in [2.75, 3.05) is 13.1 Å². The van der Waals surface area contributed by atoms with Crippen LogP contribution >= 0.6 is 11.3 Å². The third-order valence-corrected chi connectivity index (χ3v) is 3.85. The number of thiazole rings is 1. The summed E-state index contributed by atoms with van der Waals surface area (Å²) in [6.45, 7) is 5.18. The highest BCUT2D eigenvalue weighted by molar-refractivity contribution is 7.09. The molecular weight excluding hydrogens is 218 g/mol. The molecule has 3 nitrogen and oxygen atoms in total. The van der Waals surface area contributed by atoms with E-state index in [1.54, 1.807) is 11.3 Å². The molecule has 0 atom stereocenters. The summed E-state index contributed by atoms with van der Waals surface area (Å²) in [6, 6.07) is 0.833. The summed E-state index contributed by atoms with van der Waals surface area (Å²) in [5.41, 5.74) is 6.76. The lowest BCUT2D eigenvalue weighted by Gasteiger charge is -2.19. The van der Waals surface area contributed by atoms with Gasteiger partial charge in [-0.3, -0.25) is 4.90 Å². The van der Waals surface area contributed by atoms with Gasteiger partial charge in [0.1, 0.15) is 0 Å². The number of rotatable bonds is 7. The van der Waals surface area contributed by atoms with Crippen molar-refractivity contribution in [3.8, 4) is 0 Å². The lowest BCUT2D eigenvalue weighted by atomic mass is 10.3. The molecular formula is C12H21N3S. The van der Waals surface area contributed by atoms with E-state index < -0.39 is 0 Å². The maximum absolute atomic E-state index is 5.53. The van der Waals surface area contributed by atoms with Crippen LogP contribution < -0.4 is 5.73 Å². The fourth-order valence-electron chi connectivity index (χ4n) is 1.99. The van der Waals surface area contributed by atoms with Gasteiger partial charge in [0.15, 0.2) is 0 Å². The Morgan fingerprint density at radius 2 is 2.38 bits per heavy atom. The van der Waals surface area contributed by atoms with Crippen LogP contribution in [0.4, 0.5) is 0 Å². The van der Waals surface area contributed by atoms with Crippen molar-refractivity contribution in [1.29, 1.82) is 0 Å². The molecule has 0 aliphatic heterocycles. The molecule has 16 heavy (non-hydrogen) atoms. The maximum atomic E-state index is 5.53. The van der Waals surface area contributed by atoms with Gasteiger partial charge in [-0.15, -0.1) is 11.3 Å². The fourth-order valence-corrected chi connectivity index (χ4v) is 2.79. The molecule has 2 rings (SSSR count). The van der Waals surface area contributed by atoms with Crippen LogP contribution in [0.25, 0.3) is 0 Å². The van der Waals surface area contributed by atoms with Gasteiger partial charge in [-0.25, -0.2) is 4.98 Å². The first-order chi connectivity index (χ1) is 7.83. The van der Waals surface area contributed by atoms with Gasteiger partial charge in [-0.1, -0.05) is 6.92 Å². The Labute approximate surface area is 102 Å². The van der Waals surface area contributed by atoms with Gasteiger partial charge in [-0.05, 0) is 32.4 Å². The molecule has 1 saturated carbocycles. The zero-order valence-electron chi connectivity index (χ0n) is 9.98. The van der Waals surface area contributed by atoms with Crippen LogP contribution in [0.1, 0.15) is 36.9 Å². The molecule has 90 valence electrons. The van der Waals surface area contributed by atoms with Crippen molar-refractivity contribution in [2.45, 2.75) is 45.2 Å². The highest BCUT2D eigenvalue weighted by atomic mass is 32.1. The second kappa shape index (κ2) is 5.75. The summed E-state index contributed by atoms with van der Waals surface area (Å²) >= 11 is 1.75. The van der Waals surface area contributed by atoms with E-state index in [2.05, 4.69) is 22.2 Å². The van der Waals surface area contributed by atoms with E-state index in [4.69, 9.17) is 5.73 Å². The Morgan fingerprint density at radius 3 is 3.00 bits per heavy atom. The predicted octanol–water partition coefficient (Wildman–Crippen LogP) is 2.02. The maximum Gasteiger partial charge on any atom is 0.0941 e. The lowest BCUT2D eigenvalue weighted by Crippen LogP contribution is -2.26. The van der Waals surface area contributed by atoms with Crippen LogP contribution in [-0.4, -0.2) is 29.0 Å². The van der Waals surface area contributed by atoms with E-state index in [0.29, 0.717) is 6.54 Å². The molecule has 0 spiro atoms. The predicted molar refractivity (Wildman–Crippen MR) is 68.6 cm³/mol. The lowest BCUT2D eigenvalue weighted by molar-refractivity contribution is 0.252. The van der Waals surface area contributed by atoms with Gasteiger partial charge in [0.2, 0.25) is 0 Å². The molecule has 0 unspecified atom stereocenters. The summed E-state index contributed by atoms with van der Waals surface area (Å²) < 4.78 is 0. The van der Waals surface area contributed by atoms with Crippen molar-refractivity contribution in [3.63, 3.8) is 0 Å². The first-order valence-electron chi connectivity index (χ1n) is 6.21. The zero-order valence-corrected chi connectivity index (χ0v) is 10.8. The van der Waals surface area contributed by atoms with Crippen molar-refractivity contribution < 1.29 is 0 Å². The Morgan fingerprint density at radius 1 is 1.56 bits per heavy atom. The Hall–Kier alpha value is -0.450. The van der Waals surface area contributed by atoms with E-state index >= 15 is 0 Å². The van der Waals surface area contributed by atoms with Crippen LogP contribution in [0.5, 0.6) is 0 Å². The van der Waals surface area contributed by atoms with E-state index in [-0.39, 0.29) is 0 Å². The van der Waals surface area contributed by atoms with Crippen molar-refractivity contribution >= 4 is 11.3 Å². The topological polar surface area (TPSA) is 42.1 Å². The first kappa shape index (κ1) is 12.0. The Bertz CT molecular complexity index is 320. The van der Waals surface area contributed by atoms with Crippen LogP contribution in [0.3, 0.4) is 0 Å². The molecule has 1 heterocycles. The Kier molecular flexibility index (Phi) is 4.32. The molecule has 1 aromatic rings. The quantitative estimate of drug-likeness (QED) is 0.791. The molecule has 1 aliphatic rings. The minimum Gasteiger partial charge on any atom is -0.330 e. The van der Waals surface area contributed by atoms with Crippen LogP contribution in [-0.2, 0) is 13.0 Å². The molecule has 0 saturated heterocycles. The van der Waals surface area contributed by atoms with E-state index in [1.807, 2.05) is 0 Å². The third-order valence-electron chi connectivity index (χ3n) is 2.90. The van der Waals surface area contributed by atoms with Gasteiger partial charge in [0.25, 0.3) is 0 Å². The van der Waals surface area contributed by atoms with E-state index in [1.165, 1.54) is 36.5 Å². The fraction of sp³-hybridized carbons (Fsp3) is 0.750. The van der Waals surface area contributed by atoms with Crippen molar-refractivity contribution in [1.82, 2.24) is 9.88 Å². The number of hydrogen-bond donors (Lipinski definition) is 1. The van der Waals surface area contributed by atoms with Gasteiger partial charge >= 0.3 is 0 Å². The first-order valence-corrected chi connectivity index (χ1v) is 7.08. The van der Waals surface area contributed by atoms with E-state index in [0.717, 1.165) is 19.0 Å². The van der Waals surface area contributed by atoms with Gasteiger partial charge in [0.05, 0.1) is 10.7 Å². The minimum atomic E-state index is 0.703. The highest BCUT2D eigenvalue weighted by Crippen LogP contribution is 2.28. The van der Waals surface area contributed by atoms with E-state index in [9.17, 15) is 0 Å². The average molecular weight is 239 g/mol. The van der Waals surface area contributed by atoms with Crippen molar-refractivity contribution in [2.24, 2.45) is 5.73 Å². The molecule has 4 heteroatoms. The monoisotopic (exact) mass is 239 g/mol. The normalized spacial score (nSPS) is 15.9. The van der Waals surface area contributed by atoms with Gasteiger partial charge in [-0.2, -0.15) is 0 Å². The van der Waals surface area contributed by atoms with Gasteiger partial charge in [0, 0.05) is 24.4 Å². The molecule has 0 amide bonds. The summed E-state index contributed by atoms with van der Waals surface area (Å²) in [5, 5.41) is 3.38. The molecule has 2 N–H and O–H groups in total. The molecule has 1 aliphatic carbocycles. The largest absolute Gasteiger partial charge is 0.330 e. The number of aromatic nitrogens is 1. The number of hydrogen-bond acceptors (Lipinski definition) is 4. The zero-order chi connectivity index (χ0) is 11.4.